The summed E-state index contributed by atoms with van der Waals surface area (Å²) in [6.07, 6.45) is 2.34. The second-order valence-electron chi connectivity index (χ2n) is 4.64. The molecule has 1 aromatic rings. The van der Waals surface area contributed by atoms with Crippen molar-refractivity contribution >= 4 is 0 Å². The summed E-state index contributed by atoms with van der Waals surface area (Å²) in [4.78, 5) is 0. The third kappa shape index (κ3) is 5.85. The van der Waals surface area contributed by atoms with Crippen LogP contribution < -0.4 is 10.6 Å². The maximum absolute atomic E-state index is 3.50. The van der Waals surface area contributed by atoms with Crippen molar-refractivity contribution in [1.82, 2.24) is 10.6 Å². The Kier molecular flexibility index (Phi) is 6.90. The average Bonchev–Trinajstić information content (AvgIpc) is 2.32. The van der Waals surface area contributed by atoms with Crippen LogP contribution in [0.25, 0.3) is 0 Å². The van der Waals surface area contributed by atoms with Crippen LogP contribution in [0.1, 0.15) is 30.0 Å². The van der Waals surface area contributed by atoms with Gasteiger partial charge >= 0.3 is 0 Å². The van der Waals surface area contributed by atoms with Gasteiger partial charge in [0.25, 0.3) is 0 Å². The number of hydrogen-bond donors (Lipinski definition) is 2. The summed E-state index contributed by atoms with van der Waals surface area (Å²) in [5, 5.41) is 6.83. The Morgan fingerprint density at radius 3 is 2.53 bits per heavy atom. The second kappa shape index (κ2) is 8.26. The molecule has 2 N–H and O–H groups in total. The minimum atomic E-state index is 1.07. The molecule has 0 saturated heterocycles. The Bertz CT molecular complexity index is 321. The van der Waals surface area contributed by atoms with E-state index in [0.717, 1.165) is 32.6 Å². The normalized spacial score (nSPS) is 10.8. The highest BCUT2D eigenvalue weighted by Crippen LogP contribution is 2.10. The van der Waals surface area contributed by atoms with Crippen molar-refractivity contribution in [3.8, 4) is 0 Å². The van der Waals surface area contributed by atoms with E-state index in [-0.39, 0.29) is 0 Å². The highest BCUT2D eigenvalue weighted by atomic mass is 14.9. The molecule has 0 aliphatic heterocycles. The van der Waals surface area contributed by atoms with Crippen LogP contribution in [0, 0.1) is 13.8 Å². The summed E-state index contributed by atoms with van der Waals surface area (Å²) in [6.45, 7) is 10.9. The summed E-state index contributed by atoms with van der Waals surface area (Å²) >= 11 is 0. The molecule has 0 unspecified atom stereocenters. The summed E-state index contributed by atoms with van der Waals surface area (Å²) in [7, 11) is 0. The molecular weight excluding hydrogens is 208 g/mol. The molecule has 0 saturated carbocycles. The summed E-state index contributed by atoms with van der Waals surface area (Å²) in [6, 6.07) is 6.70. The molecule has 0 spiro atoms. The monoisotopic (exact) mass is 234 g/mol. The molecule has 0 aliphatic carbocycles. The third-order valence-corrected chi connectivity index (χ3v) is 3.03. The number of benzene rings is 1. The van der Waals surface area contributed by atoms with Gasteiger partial charge in [0.1, 0.15) is 0 Å². The predicted octanol–water partition coefficient (Wildman–Crippen LogP) is 2.44. The topological polar surface area (TPSA) is 24.1 Å². The van der Waals surface area contributed by atoms with Gasteiger partial charge in [0.15, 0.2) is 0 Å². The smallest absolute Gasteiger partial charge is 0.000824 e. The zero-order chi connectivity index (χ0) is 12.5. The Balaban J connectivity index is 2.15. The fourth-order valence-corrected chi connectivity index (χ4v) is 1.93. The predicted molar refractivity (Wildman–Crippen MR) is 75.7 cm³/mol. The van der Waals surface area contributed by atoms with Gasteiger partial charge in [0.05, 0.1) is 0 Å². The van der Waals surface area contributed by atoms with E-state index in [2.05, 4.69) is 49.6 Å². The number of nitrogens with one attached hydrogen (secondary N) is 2. The zero-order valence-corrected chi connectivity index (χ0v) is 11.5. The molecule has 17 heavy (non-hydrogen) atoms. The SMILES string of the molecule is CCNCCCNCCc1cc(C)ccc1C. The molecule has 2 nitrogen and oxygen atoms in total. The highest BCUT2D eigenvalue weighted by Gasteiger charge is 1.98. The fraction of sp³-hybridized carbons (Fsp3) is 0.600. The lowest BCUT2D eigenvalue weighted by Gasteiger charge is -2.08. The molecule has 0 atom stereocenters. The Labute approximate surface area is 106 Å². The molecule has 1 aromatic carbocycles. The van der Waals surface area contributed by atoms with Crippen LogP contribution in [0.2, 0.25) is 0 Å². The van der Waals surface area contributed by atoms with Crippen molar-refractivity contribution < 1.29 is 0 Å². The molecule has 0 radical (unpaired) electrons. The number of aryl methyl sites for hydroxylation is 2. The summed E-state index contributed by atoms with van der Waals surface area (Å²) < 4.78 is 0. The third-order valence-electron chi connectivity index (χ3n) is 3.03. The molecule has 2 heteroatoms. The van der Waals surface area contributed by atoms with Gasteiger partial charge in [0, 0.05) is 0 Å². The van der Waals surface area contributed by atoms with Gasteiger partial charge in [-0.05, 0) is 64.0 Å². The zero-order valence-electron chi connectivity index (χ0n) is 11.5. The quantitative estimate of drug-likeness (QED) is 0.675. The molecule has 1 rings (SSSR count). The molecule has 0 bridgehead atoms. The van der Waals surface area contributed by atoms with Crippen LogP contribution in [-0.2, 0) is 6.42 Å². The van der Waals surface area contributed by atoms with Crippen LogP contribution in [0.4, 0.5) is 0 Å². The van der Waals surface area contributed by atoms with E-state index in [0.29, 0.717) is 0 Å². The van der Waals surface area contributed by atoms with E-state index in [1.807, 2.05) is 0 Å². The molecule has 0 aliphatic rings. The standard InChI is InChI=1S/C15H26N2/c1-4-16-9-5-10-17-11-8-15-12-13(2)6-7-14(15)3/h6-7,12,16-17H,4-5,8-11H2,1-3H3. The molecule has 96 valence electrons. The molecule has 0 aromatic heterocycles. The van der Waals surface area contributed by atoms with E-state index in [4.69, 9.17) is 0 Å². The van der Waals surface area contributed by atoms with Crippen LogP contribution in [-0.4, -0.2) is 26.2 Å². The van der Waals surface area contributed by atoms with Gasteiger partial charge in [-0.1, -0.05) is 30.7 Å². The van der Waals surface area contributed by atoms with Gasteiger partial charge in [-0.25, -0.2) is 0 Å². The van der Waals surface area contributed by atoms with Crippen LogP contribution in [0.5, 0.6) is 0 Å². The van der Waals surface area contributed by atoms with Crippen LogP contribution in [0.15, 0.2) is 18.2 Å². The van der Waals surface area contributed by atoms with Crippen molar-refractivity contribution in [2.45, 2.75) is 33.6 Å². The van der Waals surface area contributed by atoms with Crippen molar-refractivity contribution in [3.63, 3.8) is 0 Å². The van der Waals surface area contributed by atoms with Gasteiger partial charge < -0.3 is 10.6 Å². The first kappa shape index (κ1) is 14.2. The van der Waals surface area contributed by atoms with E-state index in [1.54, 1.807) is 0 Å². The highest BCUT2D eigenvalue weighted by molar-refractivity contribution is 5.30. The lowest BCUT2D eigenvalue weighted by Crippen LogP contribution is -2.23. The van der Waals surface area contributed by atoms with Gasteiger partial charge in [-0.2, -0.15) is 0 Å². The molecular formula is C15H26N2. The maximum atomic E-state index is 3.50. The van der Waals surface area contributed by atoms with Gasteiger partial charge in [0.2, 0.25) is 0 Å². The maximum Gasteiger partial charge on any atom is -0.000824 e. The van der Waals surface area contributed by atoms with Crippen LogP contribution >= 0.6 is 0 Å². The fourth-order valence-electron chi connectivity index (χ4n) is 1.93. The summed E-state index contributed by atoms with van der Waals surface area (Å²) in [5.41, 5.74) is 4.24. The largest absolute Gasteiger partial charge is 0.317 e. The van der Waals surface area contributed by atoms with E-state index in [1.165, 1.54) is 23.1 Å². The molecule has 0 fully saturated rings. The lowest BCUT2D eigenvalue weighted by atomic mass is 10.0. The van der Waals surface area contributed by atoms with E-state index < -0.39 is 0 Å². The Morgan fingerprint density at radius 1 is 1.00 bits per heavy atom. The minimum Gasteiger partial charge on any atom is -0.317 e. The Hall–Kier alpha value is -0.860. The van der Waals surface area contributed by atoms with Crippen molar-refractivity contribution in [2.75, 3.05) is 26.2 Å². The van der Waals surface area contributed by atoms with E-state index >= 15 is 0 Å². The molecule has 0 heterocycles. The first-order valence-corrected chi connectivity index (χ1v) is 6.71. The van der Waals surface area contributed by atoms with E-state index in [9.17, 15) is 0 Å². The molecule has 0 amide bonds. The van der Waals surface area contributed by atoms with Crippen molar-refractivity contribution in [1.29, 1.82) is 0 Å². The summed E-state index contributed by atoms with van der Waals surface area (Å²) in [5.74, 6) is 0. The van der Waals surface area contributed by atoms with Crippen molar-refractivity contribution in [3.05, 3.63) is 34.9 Å². The van der Waals surface area contributed by atoms with Crippen molar-refractivity contribution in [2.24, 2.45) is 0 Å². The van der Waals surface area contributed by atoms with Gasteiger partial charge in [-0.3, -0.25) is 0 Å². The minimum absolute atomic E-state index is 1.07. The van der Waals surface area contributed by atoms with Crippen LogP contribution in [0.3, 0.4) is 0 Å². The first-order valence-electron chi connectivity index (χ1n) is 6.71. The Morgan fingerprint density at radius 2 is 1.76 bits per heavy atom. The lowest BCUT2D eigenvalue weighted by molar-refractivity contribution is 0.606. The number of hydrogen-bond acceptors (Lipinski definition) is 2. The van der Waals surface area contributed by atoms with Gasteiger partial charge in [-0.15, -0.1) is 0 Å². The second-order valence-corrected chi connectivity index (χ2v) is 4.64. The first-order chi connectivity index (χ1) is 8.24. The average molecular weight is 234 g/mol. The number of rotatable bonds is 8.